The number of hydrogen-bond donors (Lipinski definition) is 14. The van der Waals surface area contributed by atoms with Crippen LogP contribution >= 0.6 is 21.6 Å². The average Bonchev–Trinajstić information content (AvgIpc) is 4.15. The lowest BCUT2D eigenvalue weighted by molar-refractivity contribution is -0.142. The quantitative estimate of drug-likeness (QED) is 0.0249. The summed E-state index contributed by atoms with van der Waals surface area (Å²) in [5.74, 6) is -7.65. The lowest BCUT2D eigenvalue weighted by Gasteiger charge is -2.31. The van der Waals surface area contributed by atoms with Gasteiger partial charge in [-0.2, -0.15) is 0 Å². The molecular formula is C50H81N17O10S2. The molecule has 0 spiro atoms. The highest BCUT2D eigenvalue weighted by molar-refractivity contribution is 8.78. The van der Waals surface area contributed by atoms with E-state index >= 15 is 0 Å². The number of ether oxygens (including phenoxy) is 1. The van der Waals surface area contributed by atoms with Crippen molar-refractivity contribution in [3.05, 3.63) is 40.3 Å². The van der Waals surface area contributed by atoms with Gasteiger partial charge in [0.25, 0.3) is 0 Å². The van der Waals surface area contributed by atoms with E-state index in [4.69, 9.17) is 44.9 Å². The Labute approximate surface area is 468 Å². The van der Waals surface area contributed by atoms with Crippen molar-refractivity contribution < 1.29 is 47.9 Å². The molecule has 0 bridgehead atoms. The third-order valence-electron chi connectivity index (χ3n) is 13.1. The number of benzene rings is 1. The average molecular weight is 1140 g/mol. The molecule has 3 aliphatic rings. The Hall–Kier alpha value is -6.85. The minimum absolute atomic E-state index is 0.0405. The van der Waals surface area contributed by atoms with Gasteiger partial charge < -0.3 is 87.0 Å². The van der Waals surface area contributed by atoms with Gasteiger partial charge in [-0.25, -0.2) is 0 Å². The van der Waals surface area contributed by atoms with Crippen molar-refractivity contribution in [1.82, 2.24) is 42.1 Å². The van der Waals surface area contributed by atoms with Crippen LogP contribution < -0.4 is 82.1 Å². The Bertz CT molecular complexity index is 2380. The number of rotatable bonds is 21. The summed E-state index contributed by atoms with van der Waals surface area (Å²) in [6, 6.07) is -3.70. The zero-order chi connectivity index (χ0) is 58.2. The van der Waals surface area contributed by atoms with Gasteiger partial charge in [-0.05, 0) is 94.7 Å². The molecule has 0 radical (unpaired) electrons. The first-order valence-corrected chi connectivity index (χ1v) is 28.9. The molecule has 8 atom stereocenters. The van der Waals surface area contributed by atoms with Crippen molar-refractivity contribution in [1.29, 1.82) is 0 Å². The number of nitrogens with zero attached hydrogens (tertiary/aromatic N) is 3. The standard InChI is InChI=1S/C50H81N17O10S2/c1-4-77-30-17-15-28(16-18-30)24-33-43(71)61-32(13-8-21-60-50(56)57)42(70)66-39(27(2)3)47(75)64-34(25-37(52)68)44(72)65-35(26-78-79-40(29-10-5-6-11-29)38(53)46(74)63-33)48(76)67-23-9-14-36(67)45(73)62-31(41(69)58-22-19-51)12-7-20-59-49(54)55/h15-18,27,31-36,38-39H,4-14,19-26,51,53H2,1-3H3,(H2,52,68)(H,58,69)(H,61,71)(H,62,73)(H,63,74)(H,64,75)(H,65,72)(H,66,70)(H4,54,55,59)(H4,56,57,60)/t31-,32?,33?,34-,35?,36-,38-,39-/m0/s1. The van der Waals surface area contributed by atoms with Gasteiger partial charge in [0.2, 0.25) is 53.2 Å². The summed E-state index contributed by atoms with van der Waals surface area (Å²) in [5.41, 5.74) is 41.7. The van der Waals surface area contributed by atoms with Crippen LogP contribution in [0.2, 0.25) is 0 Å². The maximum Gasteiger partial charge on any atom is 0.246 e. The van der Waals surface area contributed by atoms with E-state index in [2.05, 4.69) is 47.2 Å². The van der Waals surface area contributed by atoms with E-state index in [1.165, 1.54) is 4.90 Å². The first kappa shape index (κ1) is 64.7. The van der Waals surface area contributed by atoms with Crippen molar-refractivity contribution in [3.63, 3.8) is 0 Å². The largest absolute Gasteiger partial charge is 0.494 e. The zero-order valence-corrected chi connectivity index (χ0v) is 46.9. The van der Waals surface area contributed by atoms with Crippen LogP contribution in [0.25, 0.3) is 0 Å². The Morgan fingerprint density at radius 3 is 2.04 bits per heavy atom. The number of amides is 9. The maximum atomic E-state index is 14.9. The SMILES string of the molecule is CCOc1ccc(CC2NC(=O)[C@@H](N)C(=C3CCCC3)SSCC(C(=O)N3CCC[C@H]3C(=O)N[C@@H](CCCN=C(N)N)C(=O)NCCN)NC(=O)[C@H](CC(N)=O)NC(=O)[C@H](C(C)C)NC(=O)C(CCCN=C(N)N)NC2=O)cc1. The Morgan fingerprint density at radius 2 is 1.42 bits per heavy atom. The van der Waals surface area contributed by atoms with Crippen LogP contribution in [0, 0.1) is 5.92 Å². The predicted molar refractivity (Wildman–Crippen MR) is 302 cm³/mol. The second kappa shape index (κ2) is 32.9. The van der Waals surface area contributed by atoms with Gasteiger partial charge >= 0.3 is 0 Å². The highest BCUT2D eigenvalue weighted by Gasteiger charge is 2.41. The number of likely N-dealkylation sites (tertiary alicyclic amines) is 1. The second-order valence-corrected chi connectivity index (χ2v) is 22.1. The molecular weight excluding hydrogens is 1060 g/mol. The van der Waals surface area contributed by atoms with E-state index < -0.39 is 114 Å². The van der Waals surface area contributed by atoms with Crippen LogP contribution in [0.1, 0.15) is 97.0 Å². The van der Waals surface area contributed by atoms with Crippen molar-refractivity contribution >= 4 is 86.7 Å². The smallest absolute Gasteiger partial charge is 0.246 e. The highest BCUT2D eigenvalue weighted by Crippen LogP contribution is 2.40. The summed E-state index contributed by atoms with van der Waals surface area (Å²) in [6.07, 6.45) is 3.19. The van der Waals surface area contributed by atoms with Gasteiger partial charge in [0.15, 0.2) is 11.9 Å². The molecule has 0 aromatic heterocycles. The number of carbonyl (C=O) groups excluding carboxylic acids is 9. The van der Waals surface area contributed by atoms with Crippen molar-refractivity contribution in [2.24, 2.45) is 56.0 Å². The molecule has 27 nitrogen and oxygen atoms in total. The second-order valence-electron chi connectivity index (χ2n) is 19.7. The number of allylic oxidation sites excluding steroid dienone is 1. The van der Waals surface area contributed by atoms with Crippen molar-refractivity contribution in [2.45, 2.75) is 146 Å². The normalized spacial score (nSPS) is 23.2. The molecule has 29 heteroatoms. The topological polar surface area (TPSA) is 457 Å². The zero-order valence-electron chi connectivity index (χ0n) is 45.2. The summed E-state index contributed by atoms with van der Waals surface area (Å²) in [5, 5.41) is 19.0. The van der Waals surface area contributed by atoms with E-state index in [9.17, 15) is 43.2 Å². The first-order chi connectivity index (χ1) is 37.6. The summed E-state index contributed by atoms with van der Waals surface area (Å²) < 4.78 is 5.61. The predicted octanol–water partition coefficient (Wildman–Crippen LogP) is -3.21. The third-order valence-corrected chi connectivity index (χ3v) is 15.8. The molecule has 1 aromatic rings. The molecule has 2 aliphatic heterocycles. The van der Waals surface area contributed by atoms with Crippen LogP contribution in [0.15, 0.2) is 44.7 Å². The number of aliphatic imine (C=N–C) groups is 2. The van der Waals surface area contributed by atoms with E-state index in [0.29, 0.717) is 48.5 Å². The monoisotopic (exact) mass is 1140 g/mol. The van der Waals surface area contributed by atoms with Gasteiger partial charge in [-0.15, -0.1) is 0 Å². The minimum atomic E-state index is -1.68. The molecule has 79 heavy (non-hydrogen) atoms. The number of primary amides is 1. The fraction of sp³-hybridized carbons (Fsp3) is 0.620. The molecule has 1 saturated carbocycles. The Morgan fingerprint density at radius 1 is 0.797 bits per heavy atom. The summed E-state index contributed by atoms with van der Waals surface area (Å²) in [4.78, 5) is 137. The van der Waals surface area contributed by atoms with E-state index in [1.807, 2.05) is 6.92 Å². The Balaban J connectivity index is 1.79. The molecule has 9 amide bonds. The van der Waals surface area contributed by atoms with Crippen LogP contribution in [0.5, 0.6) is 5.75 Å². The third kappa shape index (κ3) is 21.0. The minimum Gasteiger partial charge on any atom is -0.494 e. The highest BCUT2D eigenvalue weighted by atomic mass is 33.1. The number of guanidine groups is 2. The molecule has 2 saturated heterocycles. The maximum absolute atomic E-state index is 14.9. The molecule has 21 N–H and O–H groups in total. The van der Waals surface area contributed by atoms with Crippen LogP contribution in [-0.4, -0.2) is 163 Å². The number of nitrogens with two attached hydrogens (primary N) is 7. The van der Waals surface area contributed by atoms with Gasteiger partial charge in [-0.3, -0.25) is 53.1 Å². The van der Waals surface area contributed by atoms with Gasteiger partial charge in [0.05, 0.1) is 13.0 Å². The fourth-order valence-corrected chi connectivity index (χ4v) is 11.8. The van der Waals surface area contributed by atoms with E-state index in [0.717, 1.165) is 40.0 Å². The number of hydrogen-bond acceptors (Lipinski definition) is 16. The molecule has 3 fully saturated rings. The van der Waals surface area contributed by atoms with Crippen molar-refractivity contribution in [3.8, 4) is 5.75 Å². The van der Waals surface area contributed by atoms with Crippen molar-refractivity contribution in [2.75, 3.05) is 45.1 Å². The molecule has 2 heterocycles. The van der Waals surface area contributed by atoms with E-state index in [-0.39, 0.29) is 82.5 Å². The lowest BCUT2D eigenvalue weighted by Crippen LogP contribution is -2.61. The van der Waals surface area contributed by atoms with Gasteiger partial charge in [-0.1, -0.05) is 53.1 Å². The molecule has 1 aliphatic carbocycles. The number of carbonyl (C=O) groups is 9. The van der Waals surface area contributed by atoms with E-state index in [1.54, 1.807) is 38.1 Å². The Kier molecular flexibility index (Phi) is 26.9. The number of nitrogens with one attached hydrogen (secondary N) is 7. The lowest BCUT2D eigenvalue weighted by atomic mass is 10.0. The molecule has 438 valence electrons. The van der Waals surface area contributed by atoms with Crippen LogP contribution in [0.4, 0.5) is 0 Å². The van der Waals surface area contributed by atoms with Gasteiger partial charge in [0, 0.05) is 49.8 Å². The van der Waals surface area contributed by atoms with Crippen LogP contribution in [0.3, 0.4) is 0 Å². The fourth-order valence-electron chi connectivity index (χ4n) is 9.07. The molecule has 4 rings (SSSR count). The molecule has 3 unspecified atom stereocenters. The van der Waals surface area contributed by atoms with Crippen LogP contribution in [-0.2, 0) is 49.6 Å². The first-order valence-electron chi connectivity index (χ1n) is 26.6. The summed E-state index contributed by atoms with van der Waals surface area (Å²) >= 11 is 0. The van der Waals surface area contributed by atoms with Gasteiger partial charge in [0.1, 0.15) is 54.1 Å². The summed E-state index contributed by atoms with van der Waals surface area (Å²) in [7, 11) is 2.20. The summed E-state index contributed by atoms with van der Waals surface area (Å²) in [6.45, 7) is 6.08. The molecule has 1 aromatic carbocycles.